The van der Waals surface area contributed by atoms with E-state index in [4.69, 9.17) is 11.6 Å². The molecule has 2 heterocycles. The number of benzene rings is 1. The molecule has 1 fully saturated rings. The van der Waals surface area contributed by atoms with Gasteiger partial charge in [-0.2, -0.15) is 0 Å². The number of carbonyl (C=O) groups excluding carboxylic acids is 2. The minimum Gasteiger partial charge on any atom is -0.294 e. The molecule has 0 aliphatic carbocycles. The zero-order valence-electron chi connectivity index (χ0n) is 13.9. The average Bonchev–Trinajstić information content (AvgIpc) is 2.87. The molecule has 2 aliphatic heterocycles. The Morgan fingerprint density at radius 3 is 2.67 bits per heavy atom. The lowest BCUT2D eigenvalue weighted by molar-refractivity contribution is -0.125. The second kappa shape index (κ2) is 6.73. The van der Waals surface area contributed by atoms with Gasteiger partial charge in [-0.05, 0) is 30.5 Å². The van der Waals surface area contributed by atoms with Crippen molar-refractivity contribution in [2.45, 2.75) is 33.2 Å². The highest BCUT2D eigenvalue weighted by Gasteiger charge is 2.42. The van der Waals surface area contributed by atoms with E-state index in [0.717, 1.165) is 5.56 Å². The molecular weight excluding hydrogens is 344 g/mol. The molecular formula is C18H19ClN2O2S. The number of halogens is 1. The maximum Gasteiger partial charge on any atom is 0.239 e. The summed E-state index contributed by atoms with van der Waals surface area (Å²) in [5.41, 5.74) is 2.20. The van der Waals surface area contributed by atoms with Gasteiger partial charge in [0.15, 0.2) is 11.0 Å². The lowest BCUT2D eigenvalue weighted by Gasteiger charge is -2.33. The number of rotatable bonds is 4. The van der Waals surface area contributed by atoms with Crippen LogP contribution in [0.2, 0.25) is 5.02 Å². The molecule has 4 nitrogen and oxygen atoms in total. The fourth-order valence-electron chi connectivity index (χ4n) is 3.04. The van der Waals surface area contributed by atoms with E-state index in [2.05, 4.69) is 4.99 Å². The minimum atomic E-state index is -0.413. The van der Waals surface area contributed by atoms with E-state index in [9.17, 15) is 9.59 Å². The fourth-order valence-corrected chi connectivity index (χ4v) is 4.10. The molecule has 1 saturated heterocycles. The predicted octanol–water partition coefficient (Wildman–Crippen LogP) is 4.22. The number of nitrogens with zero attached hydrogens (tertiary/aromatic N) is 2. The first-order chi connectivity index (χ1) is 11.4. The molecule has 6 heteroatoms. The summed E-state index contributed by atoms with van der Waals surface area (Å²) >= 11 is 7.42. The number of aliphatic imine (C=N–C) groups is 1. The van der Waals surface area contributed by atoms with Crippen LogP contribution < -0.4 is 0 Å². The Kier molecular flexibility index (Phi) is 4.83. The molecule has 0 aromatic heterocycles. The van der Waals surface area contributed by atoms with Crippen molar-refractivity contribution in [2.75, 3.05) is 5.75 Å². The van der Waals surface area contributed by atoms with Crippen LogP contribution in [0.25, 0.3) is 0 Å². The maximum absolute atomic E-state index is 12.9. The first-order valence-electron chi connectivity index (χ1n) is 7.91. The van der Waals surface area contributed by atoms with Crippen LogP contribution in [-0.4, -0.2) is 27.5 Å². The number of hydrogen-bond donors (Lipinski definition) is 0. The summed E-state index contributed by atoms with van der Waals surface area (Å²) < 4.78 is 0. The standard InChI is InChI=1S/C18H19ClN2O2S/c1-10(2)8-14(22)16-11(3)20-18-21(15(23)9-24-18)17(16)12-4-6-13(19)7-5-12/h4-7,10,17H,8-9H2,1-3H3. The number of thioether (sulfide) groups is 1. The molecule has 0 bridgehead atoms. The largest absolute Gasteiger partial charge is 0.294 e. The van der Waals surface area contributed by atoms with Gasteiger partial charge in [-0.3, -0.25) is 14.5 Å². The third-order valence-corrected chi connectivity index (χ3v) is 5.25. The van der Waals surface area contributed by atoms with Gasteiger partial charge in [-0.1, -0.05) is 49.3 Å². The van der Waals surface area contributed by atoms with Crippen LogP contribution >= 0.6 is 23.4 Å². The molecule has 2 aliphatic rings. The molecule has 1 aromatic carbocycles. The number of amides is 1. The van der Waals surface area contributed by atoms with Gasteiger partial charge in [0.1, 0.15) is 0 Å². The molecule has 126 valence electrons. The van der Waals surface area contributed by atoms with Crippen molar-refractivity contribution >= 4 is 40.2 Å². The Morgan fingerprint density at radius 2 is 2.04 bits per heavy atom. The zero-order chi connectivity index (χ0) is 17.4. The number of hydrogen-bond acceptors (Lipinski definition) is 4. The topological polar surface area (TPSA) is 49.7 Å². The Balaban J connectivity index is 2.11. The zero-order valence-corrected chi connectivity index (χ0v) is 15.4. The highest BCUT2D eigenvalue weighted by molar-refractivity contribution is 8.15. The van der Waals surface area contributed by atoms with Crippen molar-refractivity contribution < 1.29 is 9.59 Å². The Hall–Kier alpha value is -1.59. The normalized spacial score (nSPS) is 20.5. The van der Waals surface area contributed by atoms with Crippen molar-refractivity contribution in [1.29, 1.82) is 0 Å². The summed E-state index contributed by atoms with van der Waals surface area (Å²) in [6.45, 7) is 5.88. The molecule has 1 aromatic rings. The summed E-state index contributed by atoms with van der Waals surface area (Å²) in [5, 5.41) is 1.31. The summed E-state index contributed by atoms with van der Waals surface area (Å²) in [6, 6.07) is 6.92. The third-order valence-electron chi connectivity index (χ3n) is 4.06. The molecule has 1 unspecified atom stereocenters. The van der Waals surface area contributed by atoms with Crippen molar-refractivity contribution in [2.24, 2.45) is 10.9 Å². The lowest BCUT2D eigenvalue weighted by atomic mass is 9.88. The molecule has 0 saturated carbocycles. The fraction of sp³-hybridized carbons (Fsp3) is 0.389. The van der Waals surface area contributed by atoms with E-state index in [0.29, 0.717) is 33.6 Å². The lowest BCUT2D eigenvalue weighted by Crippen LogP contribution is -2.39. The van der Waals surface area contributed by atoms with Crippen molar-refractivity contribution in [3.05, 3.63) is 46.1 Å². The minimum absolute atomic E-state index is 0.0129. The number of fused-ring (bicyclic) bond motifs is 1. The Morgan fingerprint density at radius 1 is 1.38 bits per heavy atom. The monoisotopic (exact) mass is 362 g/mol. The first kappa shape index (κ1) is 17.2. The number of amidine groups is 1. The van der Waals surface area contributed by atoms with Crippen LogP contribution in [0.4, 0.5) is 0 Å². The van der Waals surface area contributed by atoms with Gasteiger partial charge in [-0.15, -0.1) is 0 Å². The molecule has 1 amide bonds. The van der Waals surface area contributed by atoms with Gasteiger partial charge >= 0.3 is 0 Å². The number of allylic oxidation sites excluding steroid dienone is 1. The number of ketones is 1. The summed E-state index contributed by atoms with van der Waals surface area (Å²) in [5.74, 6) is 0.649. The summed E-state index contributed by atoms with van der Waals surface area (Å²) in [6.07, 6.45) is 0.441. The van der Waals surface area contributed by atoms with Crippen LogP contribution in [0.15, 0.2) is 40.5 Å². The second-order valence-corrected chi connectivity index (χ2v) is 7.80. The first-order valence-corrected chi connectivity index (χ1v) is 9.27. The maximum atomic E-state index is 12.9. The molecule has 0 N–H and O–H groups in total. The third kappa shape index (κ3) is 3.15. The SMILES string of the molecule is CC1=C(C(=O)CC(C)C)C(c2ccc(Cl)cc2)N2C(=O)CSC2=N1. The molecule has 0 radical (unpaired) electrons. The van der Waals surface area contributed by atoms with E-state index < -0.39 is 6.04 Å². The molecule has 1 atom stereocenters. The van der Waals surface area contributed by atoms with Crippen LogP contribution in [0.1, 0.15) is 38.8 Å². The highest BCUT2D eigenvalue weighted by atomic mass is 35.5. The van der Waals surface area contributed by atoms with Gasteiger partial charge in [0.2, 0.25) is 5.91 Å². The van der Waals surface area contributed by atoms with Gasteiger partial charge in [-0.25, -0.2) is 4.99 Å². The Bertz CT molecular complexity index is 753. The Labute approximate surface area is 151 Å². The predicted molar refractivity (Wildman–Crippen MR) is 98.1 cm³/mol. The molecule has 0 spiro atoms. The van der Waals surface area contributed by atoms with Crippen LogP contribution in [0, 0.1) is 5.92 Å². The van der Waals surface area contributed by atoms with Gasteiger partial charge in [0.05, 0.1) is 11.8 Å². The van der Waals surface area contributed by atoms with Crippen molar-refractivity contribution in [3.8, 4) is 0 Å². The summed E-state index contributed by atoms with van der Waals surface area (Å²) in [7, 11) is 0. The summed E-state index contributed by atoms with van der Waals surface area (Å²) in [4.78, 5) is 31.5. The number of carbonyl (C=O) groups is 2. The van der Waals surface area contributed by atoms with E-state index in [1.807, 2.05) is 32.9 Å². The molecule has 3 rings (SSSR count). The van der Waals surface area contributed by atoms with E-state index in [1.54, 1.807) is 17.0 Å². The number of Topliss-reactive ketones (excluding diaryl/α,β-unsaturated/α-hetero) is 1. The van der Waals surface area contributed by atoms with Crippen molar-refractivity contribution in [1.82, 2.24) is 4.90 Å². The van der Waals surface area contributed by atoms with Crippen LogP contribution in [-0.2, 0) is 9.59 Å². The van der Waals surface area contributed by atoms with E-state index in [1.165, 1.54) is 11.8 Å². The average molecular weight is 363 g/mol. The van der Waals surface area contributed by atoms with Gasteiger partial charge < -0.3 is 0 Å². The van der Waals surface area contributed by atoms with Crippen LogP contribution in [0.5, 0.6) is 0 Å². The highest BCUT2D eigenvalue weighted by Crippen LogP contribution is 2.41. The van der Waals surface area contributed by atoms with Crippen molar-refractivity contribution in [3.63, 3.8) is 0 Å². The van der Waals surface area contributed by atoms with E-state index in [-0.39, 0.29) is 17.6 Å². The van der Waals surface area contributed by atoms with Gasteiger partial charge in [0, 0.05) is 22.7 Å². The molecule has 24 heavy (non-hydrogen) atoms. The second-order valence-electron chi connectivity index (χ2n) is 6.42. The smallest absolute Gasteiger partial charge is 0.239 e. The van der Waals surface area contributed by atoms with Gasteiger partial charge in [0.25, 0.3) is 0 Å². The quantitative estimate of drug-likeness (QED) is 0.805. The van der Waals surface area contributed by atoms with E-state index >= 15 is 0 Å². The van der Waals surface area contributed by atoms with Crippen LogP contribution in [0.3, 0.4) is 0 Å².